The lowest BCUT2D eigenvalue weighted by molar-refractivity contribution is -0.265. The summed E-state index contributed by atoms with van der Waals surface area (Å²) < 4.78 is 15.7. The van der Waals surface area contributed by atoms with Gasteiger partial charge in [-0.25, -0.2) is 4.79 Å². The minimum atomic E-state index is -0.691. The molecule has 0 saturated heterocycles. The van der Waals surface area contributed by atoms with Crippen LogP contribution in [0.4, 0.5) is 5.69 Å². The molecular formula is C17H12NO7-. The standard InChI is InChI=1S/C17H13NO7/c1-23-17(20)10-6-13-16(25-7-24-13)15-8-3-2-4-12(19)9(8)5-11(14(10)15)18(21)22/h2-6,19,21-22H,7H2,1H3/p-1. The molecule has 2 N–H and O–H groups in total. The van der Waals surface area contributed by atoms with Gasteiger partial charge in [0.2, 0.25) is 6.79 Å². The van der Waals surface area contributed by atoms with Crippen molar-refractivity contribution in [2.45, 2.75) is 0 Å². The third kappa shape index (κ3) is 2.12. The predicted octanol–water partition coefficient (Wildman–Crippen LogP) is 2.17. The lowest BCUT2D eigenvalue weighted by atomic mass is 9.95. The van der Waals surface area contributed by atoms with Crippen LogP contribution in [0, 0.1) is 0 Å². The van der Waals surface area contributed by atoms with Crippen molar-refractivity contribution in [3.63, 3.8) is 0 Å². The van der Waals surface area contributed by atoms with Crippen LogP contribution in [0.3, 0.4) is 0 Å². The Balaban J connectivity index is 2.30. The van der Waals surface area contributed by atoms with Crippen LogP contribution >= 0.6 is 0 Å². The van der Waals surface area contributed by atoms with E-state index in [0.29, 0.717) is 22.3 Å². The van der Waals surface area contributed by atoms with Gasteiger partial charge in [-0.1, -0.05) is 18.2 Å². The van der Waals surface area contributed by atoms with Crippen molar-refractivity contribution in [3.05, 3.63) is 35.9 Å². The van der Waals surface area contributed by atoms with Crippen LogP contribution in [-0.2, 0) is 4.74 Å². The Morgan fingerprint density at radius 1 is 1.20 bits per heavy atom. The molecule has 0 saturated carbocycles. The molecular weight excluding hydrogens is 330 g/mol. The maximum absolute atomic E-state index is 12.2. The zero-order valence-electron chi connectivity index (χ0n) is 13.0. The SMILES string of the molecule is COC(=O)c1cc2c(c3c1c(N(O)O)cc1c([O-])cccc13)OCO2. The Kier molecular flexibility index (Phi) is 3.31. The second kappa shape index (κ2) is 5.40. The van der Waals surface area contributed by atoms with Crippen molar-refractivity contribution in [1.82, 2.24) is 0 Å². The van der Waals surface area contributed by atoms with Crippen LogP contribution in [0.1, 0.15) is 10.4 Å². The molecule has 0 aromatic heterocycles. The summed E-state index contributed by atoms with van der Waals surface area (Å²) in [5.74, 6) is -0.366. The van der Waals surface area contributed by atoms with Crippen LogP contribution in [-0.4, -0.2) is 30.3 Å². The fourth-order valence-corrected chi connectivity index (χ4v) is 3.11. The molecule has 0 unspecified atom stereocenters. The summed E-state index contributed by atoms with van der Waals surface area (Å²) in [6, 6.07) is 7.33. The van der Waals surface area contributed by atoms with Gasteiger partial charge in [0.1, 0.15) is 5.69 Å². The average Bonchev–Trinajstić information content (AvgIpc) is 3.08. The minimum absolute atomic E-state index is 0.0557. The highest BCUT2D eigenvalue weighted by Gasteiger charge is 2.27. The number of esters is 1. The Morgan fingerprint density at radius 3 is 2.72 bits per heavy atom. The monoisotopic (exact) mass is 342 g/mol. The summed E-state index contributed by atoms with van der Waals surface area (Å²) in [6.45, 7) is -0.0557. The molecule has 1 aliphatic rings. The number of benzene rings is 3. The second-order valence-corrected chi connectivity index (χ2v) is 5.44. The smallest absolute Gasteiger partial charge is 0.338 e. The topological polar surface area (TPSA) is 112 Å². The number of rotatable bonds is 2. The van der Waals surface area contributed by atoms with E-state index in [1.807, 2.05) is 0 Å². The van der Waals surface area contributed by atoms with Gasteiger partial charge in [0.25, 0.3) is 0 Å². The summed E-state index contributed by atoms with van der Waals surface area (Å²) in [5.41, 5.74) is -0.0902. The maximum Gasteiger partial charge on any atom is 0.338 e. The van der Waals surface area contributed by atoms with E-state index in [4.69, 9.17) is 14.2 Å². The van der Waals surface area contributed by atoms with E-state index in [2.05, 4.69) is 0 Å². The molecule has 8 heteroatoms. The van der Waals surface area contributed by atoms with E-state index in [1.165, 1.54) is 25.3 Å². The van der Waals surface area contributed by atoms with Crippen molar-refractivity contribution in [1.29, 1.82) is 0 Å². The average molecular weight is 342 g/mol. The van der Waals surface area contributed by atoms with Gasteiger partial charge in [-0.2, -0.15) is 0 Å². The molecule has 0 spiro atoms. The van der Waals surface area contributed by atoms with Gasteiger partial charge in [0, 0.05) is 10.8 Å². The molecule has 4 rings (SSSR count). The van der Waals surface area contributed by atoms with Crippen LogP contribution in [0.15, 0.2) is 30.3 Å². The lowest BCUT2D eigenvalue weighted by Crippen LogP contribution is -2.14. The van der Waals surface area contributed by atoms with E-state index < -0.39 is 5.97 Å². The van der Waals surface area contributed by atoms with E-state index in [-0.39, 0.29) is 39.8 Å². The lowest BCUT2D eigenvalue weighted by Gasteiger charge is -2.20. The predicted molar refractivity (Wildman–Crippen MR) is 84.4 cm³/mol. The van der Waals surface area contributed by atoms with Gasteiger partial charge in [-0.05, 0) is 22.9 Å². The normalized spacial score (nSPS) is 12.6. The molecule has 0 bridgehead atoms. The molecule has 0 atom stereocenters. The maximum atomic E-state index is 12.2. The Labute approximate surface area is 140 Å². The van der Waals surface area contributed by atoms with Crippen LogP contribution < -0.4 is 19.8 Å². The van der Waals surface area contributed by atoms with Gasteiger partial charge in [-0.15, -0.1) is 11.0 Å². The van der Waals surface area contributed by atoms with Crippen LogP contribution in [0.25, 0.3) is 21.5 Å². The molecule has 1 aliphatic heterocycles. The first kappa shape index (κ1) is 15.3. The molecule has 3 aromatic rings. The molecule has 0 aliphatic carbocycles. The fourth-order valence-electron chi connectivity index (χ4n) is 3.11. The third-order valence-electron chi connectivity index (χ3n) is 4.16. The number of ether oxygens (including phenoxy) is 3. The summed E-state index contributed by atoms with van der Waals surface area (Å²) in [4.78, 5) is 12.2. The zero-order valence-corrected chi connectivity index (χ0v) is 13.0. The third-order valence-corrected chi connectivity index (χ3v) is 4.16. The highest BCUT2D eigenvalue weighted by Crippen LogP contribution is 2.48. The first-order valence-corrected chi connectivity index (χ1v) is 7.28. The van der Waals surface area contributed by atoms with E-state index in [9.17, 15) is 20.3 Å². The van der Waals surface area contributed by atoms with Crippen molar-refractivity contribution < 1.29 is 34.5 Å². The quantitative estimate of drug-likeness (QED) is 0.414. The highest BCUT2D eigenvalue weighted by molar-refractivity contribution is 6.23. The van der Waals surface area contributed by atoms with E-state index in [1.54, 1.807) is 12.1 Å². The van der Waals surface area contributed by atoms with Gasteiger partial charge in [0.05, 0.1) is 12.7 Å². The Morgan fingerprint density at radius 2 is 2.00 bits per heavy atom. The number of anilines is 1. The molecule has 1 heterocycles. The number of nitrogens with zero attached hydrogens (tertiary/aromatic N) is 1. The van der Waals surface area contributed by atoms with Crippen molar-refractivity contribution in [2.75, 3.05) is 19.1 Å². The first-order chi connectivity index (χ1) is 12.0. The Hall–Kier alpha value is -3.23. The van der Waals surface area contributed by atoms with Crippen molar-refractivity contribution in [3.8, 4) is 17.2 Å². The summed E-state index contributed by atoms with van der Waals surface area (Å²) in [6.07, 6.45) is 0. The van der Waals surface area contributed by atoms with Crippen molar-refractivity contribution >= 4 is 33.2 Å². The molecule has 0 amide bonds. The van der Waals surface area contributed by atoms with Crippen molar-refractivity contribution in [2.24, 2.45) is 0 Å². The van der Waals surface area contributed by atoms with Gasteiger partial charge in [0.15, 0.2) is 11.5 Å². The van der Waals surface area contributed by atoms with E-state index >= 15 is 0 Å². The fraction of sp³-hybridized carbons (Fsp3) is 0.118. The number of carbonyl (C=O) groups is 1. The van der Waals surface area contributed by atoms with Crippen LogP contribution in [0.2, 0.25) is 0 Å². The molecule has 25 heavy (non-hydrogen) atoms. The molecule has 0 radical (unpaired) electrons. The van der Waals surface area contributed by atoms with Gasteiger partial charge >= 0.3 is 5.97 Å². The molecule has 8 nitrogen and oxygen atoms in total. The van der Waals surface area contributed by atoms with Gasteiger partial charge < -0.3 is 19.3 Å². The summed E-state index contributed by atoms with van der Waals surface area (Å²) >= 11 is 0. The molecule has 128 valence electrons. The zero-order chi connectivity index (χ0) is 17.7. The Bertz CT molecular complexity index is 1030. The van der Waals surface area contributed by atoms with E-state index in [0.717, 1.165) is 0 Å². The van der Waals surface area contributed by atoms with Crippen LogP contribution in [0.5, 0.6) is 17.2 Å². The number of fused-ring (bicyclic) bond motifs is 5. The molecule has 0 fully saturated rings. The largest absolute Gasteiger partial charge is 0.872 e. The molecule has 3 aromatic carbocycles. The summed E-state index contributed by atoms with van der Waals surface area (Å²) in [7, 11) is 1.21. The second-order valence-electron chi connectivity index (χ2n) is 5.44. The number of methoxy groups -OCH3 is 1. The number of hydrogen-bond donors (Lipinski definition) is 2. The number of hydrogen-bond acceptors (Lipinski definition) is 8. The summed E-state index contributed by atoms with van der Waals surface area (Å²) in [5, 5.41) is 32.7. The first-order valence-electron chi connectivity index (χ1n) is 7.28. The minimum Gasteiger partial charge on any atom is -0.872 e. The highest BCUT2D eigenvalue weighted by atomic mass is 16.8. The number of carbonyl (C=O) groups excluding carboxylic acids is 1. The van der Waals surface area contributed by atoms with Gasteiger partial charge in [-0.3, -0.25) is 10.4 Å².